The highest BCUT2D eigenvalue weighted by Crippen LogP contribution is 2.34. The van der Waals surface area contributed by atoms with E-state index >= 15 is 0 Å². The number of benzene rings is 2. The lowest BCUT2D eigenvalue weighted by Gasteiger charge is -2.10. The summed E-state index contributed by atoms with van der Waals surface area (Å²) in [5.41, 5.74) is 3.16. The standard InChI is InChI=1S/C21H16N2O3S2/c24-19(25)13-23-20(26)18(28-21(23)27)10-15-12-22(11-14-6-2-1-3-7-14)17-9-5-4-8-16(15)17/h1-10,12H,11,13H2,(H,24,25)/b18-10+. The van der Waals surface area contributed by atoms with Crippen LogP contribution in [0.3, 0.4) is 0 Å². The van der Waals surface area contributed by atoms with Crippen molar-refractivity contribution in [1.82, 2.24) is 9.47 Å². The lowest BCUT2D eigenvalue weighted by atomic mass is 10.1. The van der Waals surface area contributed by atoms with E-state index < -0.39 is 12.5 Å². The second-order valence-electron chi connectivity index (χ2n) is 6.38. The van der Waals surface area contributed by atoms with Crippen LogP contribution in [-0.4, -0.2) is 37.3 Å². The molecular formula is C21H16N2O3S2. The third kappa shape index (κ3) is 3.58. The number of carbonyl (C=O) groups excluding carboxylic acids is 1. The van der Waals surface area contributed by atoms with Crippen molar-refractivity contribution in [1.29, 1.82) is 0 Å². The number of aromatic nitrogens is 1. The minimum Gasteiger partial charge on any atom is -0.480 e. The topological polar surface area (TPSA) is 62.5 Å². The first-order chi connectivity index (χ1) is 13.5. The SMILES string of the molecule is O=C(O)CN1C(=O)/C(=C\c2cn(Cc3ccccc3)c3ccccc23)SC1=S. The van der Waals surface area contributed by atoms with Gasteiger partial charge in [-0.15, -0.1) is 0 Å². The lowest BCUT2D eigenvalue weighted by molar-refractivity contribution is -0.140. The average Bonchev–Trinajstić information content (AvgIpc) is 3.15. The van der Waals surface area contributed by atoms with Crippen molar-refractivity contribution in [3.63, 3.8) is 0 Å². The Morgan fingerprint density at radius 2 is 1.82 bits per heavy atom. The molecule has 1 aromatic heterocycles. The minimum absolute atomic E-state index is 0.270. The van der Waals surface area contributed by atoms with Gasteiger partial charge in [-0.2, -0.15) is 0 Å². The van der Waals surface area contributed by atoms with E-state index in [0.717, 1.165) is 39.7 Å². The molecule has 4 rings (SSSR count). The van der Waals surface area contributed by atoms with Crippen LogP contribution >= 0.6 is 24.0 Å². The van der Waals surface area contributed by atoms with Crippen LogP contribution in [0.25, 0.3) is 17.0 Å². The molecule has 3 aromatic rings. The number of fused-ring (bicyclic) bond motifs is 1. The molecule has 2 heterocycles. The van der Waals surface area contributed by atoms with Crippen LogP contribution < -0.4 is 0 Å². The average molecular weight is 409 g/mol. The maximum atomic E-state index is 12.6. The molecule has 0 saturated carbocycles. The molecule has 1 fully saturated rings. The molecule has 5 nitrogen and oxygen atoms in total. The molecule has 140 valence electrons. The number of hydrogen-bond acceptors (Lipinski definition) is 4. The predicted octanol–water partition coefficient (Wildman–Crippen LogP) is 3.98. The molecule has 1 aliphatic rings. The van der Waals surface area contributed by atoms with Gasteiger partial charge < -0.3 is 9.67 Å². The number of hydrogen-bond donors (Lipinski definition) is 1. The van der Waals surface area contributed by atoms with E-state index in [9.17, 15) is 9.59 Å². The maximum Gasteiger partial charge on any atom is 0.323 e. The Morgan fingerprint density at radius 1 is 1.11 bits per heavy atom. The van der Waals surface area contributed by atoms with E-state index in [2.05, 4.69) is 16.7 Å². The van der Waals surface area contributed by atoms with Crippen LogP contribution in [0.5, 0.6) is 0 Å². The molecular weight excluding hydrogens is 392 g/mol. The van der Waals surface area contributed by atoms with E-state index in [0.29, 0.717) is 4.91 Å². The summed E-state index contributed by atoms with van der Waals surface area (Å²) in [7, 11) is 0. The first kappa shape index (κ1) is 18.5. The van der Waals surface area contributed by atoms with Crippen molar-refractivity contribution in [2.45, 2.75) is 6.54 Å². The summed E-state index contributed by atoms with van der Waals surface area (Å²) in [5.74, 6) is -1.45. The summed E-state index contributed by atoms with van der Waals surface area (Å²) >= 11 is 6.31. The Morgan fingerprint density at radius 3 is 2.57 bits per heavy atom. The second kappa shape index (κ2) is 7.61. The van der Waals surface area contributed by atoms with E-state index in [-0.39, 0.29) is 10.2 Å². The fourth-order valence-corrected chi connectivity index (χ4v) is 4.46. The third-order valence-electron chi connectivity index (χ3n) is 4.47. The van der Waals surface area contributed by atoms with Crippen molar-refractivity contribution in [2.75, 3.05) is 6.54 Å². The molecule has 0 bridgehead atoms. The molecule has 1 saturated heterocycles. The molecule has 0 spiro atoms. The molecule has 2 aromatic carbocycles. The normalized spacial score (nSPS) is 15.7. The summed E-state index contributed by atoms with van der Waals surface area (Å²) in [6, 6.07) is 18.2. The number of carbonyl (C=O) groups is 2. The van der Waals surface area contributed by atoms with E-state index in [1.165, 1.54) is 5.56 Å². The van der Waals surface area contributed by atoms with Gasteiger partial charge in [0.25, 0.3) is 5.91 Å². The number of aliphatic carboxylic acids is 1. The van der Waals surface area contributed by atoms with Crippen molar-refractivity contribution >= 4 is 57.2 Å². The molecule has 0 unspecified atom stereocenters. The van der Waals surface area contributed by atoms with Gasteiger partial charge in [0, 0.05) is 29.2 Å². The van der Waals surface area contributed by atoms with Gasteiger partial charge in [-0.3, -0.25) is 14.5 Å². The van der Waals surface area contributed by atoms with Crippen LogP contribution in [0.15, 0.2) is 65.7 Å². The van der Waals surface area contributed by atoms with Gasteiger partial charge in [0.15, 0.2) is 0 Å². The summed E-state index contributed by atoms with van der Waals surface area (Å²) in [6.45, 7) is 0.299. The number of rotatable bonds is 5. The number of nitrogens with zero attached hydrogens (tertiary/aromatic N) is 2. The van der Waals surface area contributed by atoms with Crippen molar-refractivity contribution in [3.8, 4) is 0 Å². The van der Waals surface area contributed by atoms with E-state index in [1.807, 2.05) is 48.7 Å². The van der Waals surface area contributed by atoms with Gasteiger partial charge in [0.05, 0.1) is 4.91 Å². The van der Waals surface area contributed by atoms with Crippen LogP contribution in [0.1, 0.15) is 11.1 Å². The zero-order chi connectivity index (χ0) is 19.7. The van der Waals surface area contributed by atoms with Crippen LogP contribution in [0.4, 0.5) is 0 Å². The first-order valence-electron chi connectivity index (χ1n) is 8.62. The van der Waals surface area contributed by atoms with Crippen LogP contribution in [-0.2, 0) is 16.1 Å². The summed E-state index contributed by atoms with van der Waals surface area (Å²) < 4.78 is 2.42. The fraction of sp³-hybridized carbons (Fsp3) is 0.0952. The number of thiocarbonyl (C=S) groups is 1. The third-order valence-corrected chi connectivity index (χ3v) is 5.85. The Bertz CT molecular complexity index is 1120. The van der Waals surface area contributed by atoms with E-state index in [4.69, 9.17) is 17.3 Å². The molecule has 1 aliphatic heterocycles. The quantitative estimate of drug-likeness (QED) is 0.511. The van der Waals surface area contributed by atoms with Crippen molar-refractivity contribution in [2.24, 2.45) is 0 Å². The van der Waals surface area contributed by atoms with Gasteiger partial charge in [-0.25, -0.2) is 0 Å². The molecule has 1 N–H and O–H groups in total. The Labute approximate surface area is 171 Å². The fourth-order valence-electron chi connectivity index (χ4n) is 3.21. The molecule has 0 atom stereocenters. The largest absolute Gasteiger partial charge is 0.480 e. The number of para-hydroxylation sites is 1. The highest BCUT2D eigenvalue weighted by atomic mass is 32.2. The van der Waals surface area contributed by atoms with Gasteiger partial charge in [-0.05, 0) is 17.7 Å². The molecule has 0 aliphatic carbocycles. The Kier molecular flexibility index (Phi) is 5.02. The predicted molar refractivity (Wildman–Crippen MR) is 115 cm³/mol. The van der Waals surface area contributed by atoms with Gasteiger partial charge in [-0.1, -0.05) is 72.5 Å². The van der Waals surface area contributed by atoms with Crippen LogP contribution in [0.2, 0.25) is 0 Å². The Balaban J connectivity index is 1.72. The number of carboxylic acid groups (broad SMARTS) is 1. The molecule has 28 heavy (non-hydrogen) atoms. The zero-order valence-corrected chi connectivity index (χ0v) is 16.4. The summed E-state index contributed by atoms with van der Waals surface area (Å²) in [4.78, 5) is 25.1. The van der Waals surface area contributed by atoms with Crippen molar-refractivity contribution in [3.05, 3.63) is 76.8 Å². The molecule has 0 radical (unpaired) electrons. The first-order valence-corrected chi connectivity index (χ1v) is 9.84. The number of thioether (sulfide) groups is 1. The Hall–Kier alpha value is -2.90. The van der Waals surface area contributed by atoms with Gasteiger partial charge in [0.2, 0.25) is 0 Å². The van der Waals surface area contributed by atoms with Gasteiger partial charge in [0.1, 0.15) is 10.9 Å². The second-order valence-corrected chi connectivity index (χ2v) is 8.05. The van der Waals surface area contributed by atoms with Crippen molar-refractivity contribution < 1.29 is 14.7 Å². The highest BCUT2D eigenvalue weighted by molar-refractivity contribution is 8.26. The number of carboxylic acids is 1. The van der Waals surface area contributed by atoms with Crippen LogP contribution in [0, 0.1) is 0 Å². The highest BCUT2D eigenvalue weighted by Gasteiger charge is 2.33. The smallest absolute Gasteiger partial charge is 0.323 e. The summed E-state index contributed by atoms with van der Waals surface area (Å²) in [6.07, 6.45) is 3.81. The minimum atomic E-state index is -1.09. The zero-order valence-electron chi connectivity index (χ0n) is 14.7. The molecule has 7 heteroatoms. The maximum absolute atomic E-state index is 12.6. The molecule has 1 amide bonds. The number of amides is 1. The van der Waals surface area contributed by atoms with Gasteiger partial charge >= 0.3 is 5.97 Å². The monoisotopic (exact) mass is 408 g/mol. The summed E-state index contributed by atoms with van der Waals surface area (Å²) in [5, 5.41) is 10.0. The van der Waals surface area contributed by atoms with E-state index in [1.54, 1.807) is 6.08 Å². The lowest BCUT2D eigenvalue weighted by Crippen LogP contribution is -2.33.